The van der Waals surface area contributed by atoms with Gasteiger partial charge in [0.25, 0.3) is 0 Å². The van der Waals surface area contributed by atoms with Gasteiger partial charge in [-0.3, -0.25) is 14.9 Å². The number of imide groups is 1. The van der Waals surface area contributed by atoms with Crippen LogP contribution in [0.15, 0.2) is 0 Å². The fraction of sp³-hybridized carbons (Fsp3) is 0.750. The fourth-order valence-corrected chi connectivity index (χ4v) is 2.00. The van der Waals surface area contributed by atoms with Crippen LogP contribution in [0.2, 0.25) is 0 Å². The summed E-state index contributed by atoms with van der Waals surface area (Å²) in [6, 6.07) is -1.20. The Morgan fingerprint density at radius 3 is 2.40 bits per heavy atom. The van der Waals surface area contributed by atoms with Crippen molar-refractivity contribution in [2.75, 3.05) is 18.6 Å². The molecule has 0 aliphatic heterocycles. The molecule has 3 amide bonds. The van der Waals surface area contributed by atoms with E-state index in [-0.39, 0.29) is 11.7 Å². The van der Waals surface area contributed by atoms with E-state index in [9.17, 15) is 14.4 Å². The van der Waals surface area contributed by atoms with E-state index in [0.717, 1.165) is 0 Å². The fourth-order valence-electron chi connectivity index (χ4n) is 1.18. The molecule has 0 saturated carbocycles. The van der Waals surface area contributed by atoms with Crippen LogP contribution in [0.3, 0.4) is 0 Å². The van der Waals surface area contributed by atoms with Gasteiger partial charge in [-0.2, -0.15) is 11.8 Å². The van der Waals surface area contributed by atoms with Crippen molar-refractivity contribution in [1.82, 2.24) is 10.6 Å². The number of hydrogen-bond acceptors (Lipinski definition) is 6. The van der Waals surface area contributed by atoms with Gasteiger partial charge < -0.3 is 15.8 Å². The lowest BCUT2D eigenvalue weighted by Gasteiger charge is -2.20. The molecular formula is C12H23N3O4S. The van der Waals surface area contributed by atoms with Crippen LogP contribution in [0.4, 0.5) is 4.79 Å². The van der Waals surface area contributed by atoms with Gasteiger partial charge in [0.2, 0.25) is 5.91 Å². The molecule has 0 aliphatic rings. The number of thioether (sulfide) groups is 1. The predicted octanol–water partition coefficient (Wildman–Crippen LogP) is 0.234. The minimum Gasteiger partial charge on any atom is -0.468 e. The summed E-state index contributed by atoms with van der Waals surface area (Å²) in [5.41, 5.74) is 5.14. The van der Waals surface area contributed by atoms with E-state index < -0.39 is 23.6 Å². The highest BCUT2D eigenvalue weighted by molar-refractivity contribution is 7.99. The van der Waals surface area contributed by atoms with Crippen LogP contribution < -0.4 is 16.4 Å². The summed E-state index contributed by atoms with van der Waals surface area (Å²) >= 11 is 1.30. The number of hydrogen-bond donors (Lipinski definition) is 3. The standard InChI is InChI=1S/C12H23N3O4S/c1-12(2,3)15-11(18)14-9(16)7-20-6-5-8(13)10(17)19-4/h8H,5-7,13H2,1-4H3,(H2,14,15,16,18). The third-order valence-electron chi connectivity index (χ3n) is 2.05. The van der Waals surface area contributed by atoms with Crippen molar-refractivity contribution in [2.45, 2.75) is 38.8 Å². The summed E-state index contributed by atoms with van der Waals surface area (Å²) in [5.74, 6) is -0.196. The van der Waals surface area contributed by atoms with E-state index in [1.54, 1.807) is 0 Å². The molecule has 0 saturated heterocycles. The van der Waals surface area contributed by atoms with Gasteiger partial charge in [0.1, 0.15) is 6.04 Å². The van der Waals surface area contributed by atoms with E-state index in [2.05, 4.69) is 15.4 Å². The van der Waals surface area contributed by atoms with E-state index in [1.807, 2.05) is 20.8 Å². The largest absolute Gasteiger partial charge is 0.468 e. The summed E-state index contributed by atoms with van der Waals surface area (Å²) in [4.78, 5) is 33.9. The smallest absolute Gasteiger partial charge is 0.322 e. The topological polar surface area (TPSA) is 111 Å². The Kier molecular flexibility index (Phi) is 8.24. The summed E-state index contributed by atoms with van der Waals surface area (Å²) in [5, 5.41) is 4.85. The number of esters is 1. The maximum absolute atomic E-state index is 11.5. The van der Waals surface area contributed by atoms with Crippen molar-refractivity contribution in [3.63, 3.8) is 0 Å². The first-order valence-electron chi connectivity index (χ1n) is 6.19. The molecule has 1 atom stereocenters. The zero-order chi connectivity index (χ0) is 15.8. The Bertz CT molecular complexity index is 355. The number of rotatable bonds is 6. The summed E-state index contributed by atoms with van der Waals surface area (Å²) in [6.07, 6.45) is 0.415. The van der Waals surface area contributed by atoms with Gasteiger partial charge >= 0.3 is 12.0 Å². The average molecular weight is 305 g/mol. The lowest BCUT2D eigenvalue weighted by atomic mass is 10.1. The normalized spacial score (nSPS) is 12.4. The van der Waals surface area contributed by atoms with Gasteiger partial charge in [-0.15, -0.1) is 0 Å². The van der Waals surface area contributed by atoms with Gasteiger partial charge in [0, 0.05) is 5.54 Å². The molecule has 0 rings (SSSR count). The van der Waals surface area contributed by atoms with Crippen LogP contribution in [-0.2, 0) is 14.3 Å². The minimum absolute atomic E-state index is 0.130. The van der Waals surface area contributed by atoms with Crippen LogP contribution in [0.1, 0.15) is 27.2 Å². The second-order valence-corrected chi connectivity index (χ2v) is 6.33. The van der Waals surface area contributed by atoms with Crippen LogP contribution in [-0.4, -0.2) is 48.1 Å². The molecule has 7 nitrogen and oxygen atoms in total. The lowest BCUT2D eigenvalue weighted by molar-refractivity contribution is -0.142. The van der Waals surface area contributed by atoms with Crippen molar-refractivity contribution < 1.29 is 19.1 Å². The number of nitrogens with one attached hydrogen (secondary N) is 2. The van der Waals surface area contributed by atoms with Gasteiger partial charge in [0.15, 0.2) is 0 Å². The lowest BCUT2D eigenvalue weighted by Crippen LogP contribution is -2.48. The number of carbonyl (C=O) groups is 3. The molecule has 4 N–H and O–H groups in total. The second-order valence-electron chi connectivity index (χ2n) is 5.22. The van der Waals surface area contributed by atoms with E-state index in [4.69, 9.17) is 5.73 Å². The maximum atomic E-state index is 11.5. The SMILES string of the molecule is COC(=O)C(N)CCSCC(=O)NC(=O)NC(C)(C)C. The number of carbonyl (C=O) groups excluding carboxylic acids is 3. The Labute approximate surface area is 123 Å². The molecule has 0 aromatic rings. The van der Waals surface area contributed by atoms with Gasteiger partial charge in [-0.05, 0) is 32.9 Å². The van der Waals surface area contributed by atoms with Crippen LogP contribution in [0.25, 0.3) is 0 Å². The molecule has 116 valence electrons. The quantitative estimate of drug-likeness (QED) is 0.479. The van der Waals surface area contributed by atoms with Gasteiger partial charge in [-0.25, -0.2) is 4.79 Å². The molecule has 0 aromatic heterocycles. The zero-order valence-corrected chi connectivity index (χ0v) is 13.1. The number of ether oxygens (including phenoxy) is 1. The highest BCUT2D eigenvalue weighted by Crippen LogP contribution is 2.04. The van der Waals surface area contributed by atoms with Crippen molar-refractivity contribution in [2.24, 2.45) is 5.73 Å². The Balaban J connectivity index is 3.79. The van der Waals surface area contributed by atoms with E-state index in [0.29, 0.717) is 12.2 Å². The van der Waals surface area contributed by atoms with Crippen LogP contribution >= 0.6 is 11.8 Å². The molecule has 0 heterocycles. The summed E-state index contributed by atoms with van der Waals surface area (Å²) in [7, 11) is 1.27. The molecule has 0 aromatic carbocycles. The molecular weight excluding hydrogens is 282 g/mol. The Morgan fingerprint density at radius 2 is 1.90 bits per heavy atom. The van der Waals surface area contributed by atoms with Crippen molar-refractivity contribution in [1.29, 1.82) is 0 Å². The molecule has 0 fully saturated rings. The minimum atomic E-state index is -0.681. The Hall–Kier alpha value is -1.28. The first-order valence-corrected chi connectivity index (χ1v) is 7.34. The van der Waals surface area contributed by atoms with Gasteiger partial charge in [-0.1, -0.05) is 0 Å². The molecule has 0 aliphatic carbocycles. The molecule has 0 spiro atoms. The summed E-state index contributed by atoms with van der Waals surface area (Å²) in [6.45, 7) is 5.46. The highest BCUT2D eigenvalue weighted by atomic mass is 32.2. The third-order valence-corrected chi connectivity index (χ3v) is 3.04. The van der Waals surface area contributed by atoms with Gasteiger partial charge in [0.05, 0.1) is 12.9 Å². The Morgan fingerprint density at radius 1 is 1.30 bits per heavy atom. The first-order chi connectivity index (χ1) is 9.15. The zero-order valence-electron chi connectivity index (χ0n) is 12.3. The monoisotopic (exact) mass is 305 g/mol. The molecule has 8 heteroatoms. The van der Waals surface area contributed by atoms with Crippen molar-refractivity contribution in [3.05, 3.63) is 0 Å². The predicted molar refractivity (Wildman–Crippen MR) is 78.4 cm³/mol. The van der Waals surface area contributed by atoms with Crippen molar-refractivity contribution in [3.8, 4) is 0 Å². The summed E-state index contributed by atoms with van der Waals surface area (Å²) < 4.78 is 4.48. The third kappa shape index (κ3) is 9.62. The molecule has 0 bridgehead atoms. The number of nitrogens with two attached hydrogens (primary N) is 1. The number of methoxy groups -OCH3 is 1. The average Bonchev–Trinajstić information content (AvgIpc) is 2.30. The molecule has 1 unspecified atom stereocenters. The number of urea groups is 1. The molecule has 0 radical (unpaired) electrons. The second kappa shape index (κ2) is 8.80. The number of amides is 3. The van der Waals surface area contributed by atoms with E-state index in [1.165, 1.54) is 18.9 Å². The van der Waals surface area contributed by atoms with E-state index >= 15 is 0 Å². The van der Waals surface area contributed by atoms with Crippen LogP contribution in [0.5, 0.6) is 0 Å². The van der Waals surface area contributed by atoms with Crippen molar-refractivity contribution >= 4 is 29.7 Å². The maximum Gasteiger partial charge on any atom is 0.322 e. The van der Waals surface area contributed by atoms with Crippen LogP contribution in [0, 0.1) is 0 Å². The highest BCUT2D eigenvalue weighted by Gasteiger charge is 2.16. The first kappa shape index (κ1) is 18.7. The molecule has 20 heavy (non-hydrogen) atoms.